The van der Waals surface area contributed by atoms with Gasteiger partial charge in [0.15, 0.2) is 0 Å². The maximum atomic E-state index is 11.9. The summed E-state index contributed by atoms with van der Waals surface area (Å²) in [4.78, 5) is 27.1. The molecule has 2 heterocycles. The third-order valence-electron chi connectivity index (χ3n) is 4.76. The van der Waals surface area contributed by atoms with Crippen LogP contribution in [0.5, 0.6) is 0 Å². The number of nitrogens with one attached hydrogen (secondary N) is 1. The molecule has 6 nitrogen and oxygen atoms in total. The molecule has 2 aliphatic heterocycles. The summed E-state index contributed by atoms with van der Waals surface area (Å²) in [6.07, 6.45) is 2.35. The second-order valence-corrected chi connectivity index (χ2v) is 6.34. The van der Waals surface area contributed by atoms with E-state index in [1.807, 2.05) is 25.1 Å². The Balaban J connectivity index is 1.73. The van der Waals surface area contributed by atoms with E-state index in [-0.39, 0.29) is 18.5 Å². The van der Waals surface area contributed by atoms with Gasteiger partial charge in [-0.15, -0.1) is 0 Å². The first-order valence-electron chi connectivity index (χ1n) is 8.16. The summed E-state index contributed by atoms with van der Waals surface area (Å²) in [6.45, 7) is 4.64. The van der Waals surface area contributed by atoms with Crippen molar-refractivity contribution >= 4 is 23.3 Å². The summed E-state index contributed by atoms with van der Waals surface area (Å²) in [6, 6.07) is 5.64. The maximum absolute atomic E-state index is 11.9. The Kier molecular flexibility index (Phi) is 4.52. The van der Waals surface area contributed by atoms with Crippen LogP contribution < -0.4 is 15.1 Å². The zero-order chi connectivity index (χ0) is 16.4. The molecule has 1 aromatic carbocycles. The van der Waals surface area contributed by atoms with E-state index in [4.69, 9.17) is 0 Å². The van der Waals surface area contributed by atoms with Gasteiger partial charge < -0.3 is 10.0 Å². The maximum Gasteiger partial charge on any atom is 0.328 e. The number of rotatable bonds is 3. The number of imide groups is 1. The molecular weight excluding hydrogens is 294 g/mol. The van der Waals surface area contributed by atoms with Crippen molar-refractivity contribution in [3.05, 3.63) is 23.8 Å². The lowest BCUT2D eigenvalue weighted by molar-refractivity contribution is -0.120. The molecule has 0 aromatic heterocycles. The lowest BCUT2D eigenvalue weighted by Crippen LogP contribution is -2.49. The number of aryl methyl sites for hydroxylation is 1. The van der Waals surface area contributed by atoms with Gasteiger partial charge >= 0.3 is 6.03 Å². The minimum atomic E-state index is -0.350. The number of aliphatic hydroxyl groups is 1. The molecule has 23 heavy (non-hydrogen) atoms. The first kappa shape index (κ1) is 15.8. The zero-order valence-corrected chi connectivity index (χ0v) is 13.4. The van der Waals surface area contributed by atoms with Crippen molar-refractivity contribution in [1.82, 2.24) is 5.32 Å². The van der Waals surface area contributed by atoms with Gasteiger partial charge in [0.05, 0.1) is 0 Å². The lowest BCUT2D eigenvalue weighted by atomic mass is 9.97. The topological polar surface area (TPSA) is 72.9 Å². The number of piperidine rings is 1. The van der Waals surface area contributed by atoms with Gasteiger partial charge in [-0.25, -0.2) is 4.79 Å². The van der Waals surface area contributed by atoms with Gasteiger partial charge in [-0.3, -0.25) is 15.0 Å². The highest BCUT2D eigenvalue weighted by molar-refractivity contribution is 6.05. The highest BCUT2D eigenvalue weighted by Gasteiger charge is 2.25. The Hall–Kier alpha value is -2.08. The third-order valence-corrected chi connectivity index (χ3v) is 4.76. The van der Waals surface area contributed by atoms with E-state index in [0.717, 1.165) is 37.2 Å². The lowest BCUT2D eigenvalue weighted by Gasteiger charge is -2.34. The number of carbonyl (C=O) groups excluding carboxylic acids is 2. The predicted octanol–water partition coefficient (Wildman–Crippen LogP) is 1.65. The van der Waals surface area contributed by atoms with Crippen molar-refractivity contribution < 1.29 is 14.7 Å². The number of carbonyl (C=O) groups is 2. The summed E-state index contributed by atoms with van der Waals surface area (Å²) in [5, 5.41) is 11.6. The number of hydrogen-bond donors (Lipinski definition) is 2. The summed E-state index contributed by atoms with van der Waals surface area (Å²) in [5.41, 5.74) is 3.12. The van der Waals surface area contributed by atoms with Crippen molar-refractivity contribution in [2.24, 2.45) is 5.92 Å². The molecular formula is C17H23N3O3. The van der Waals surface area contributed by atoms with Crippen LogP contribution in [-0.2, 0) is 4.79 Å². The second-order valence-electron chi connectivity index (χ2n) is 6.34. The van der Waals surface area contributed by atoms with Crippen molar-refractivity contribution in [3.63, 3.8) is 0 Å². The molecule has 3 amide bonds. The largest absolute Gasteiger partial charge is 0.396 e. The van der Waals surface area contributed by atoms with Gasteiger partial charge in [-0.05, 0) is 49.4 Å². The summed E-state index contributed by atoms with van der Waals surface area (Å²) in [5.74, 6) is 0.201. The van der Waals surface area contributed by atoms with Gasteiger partial charge in [0, 0.05) is 44.0 Å². The Labute approximate surface area is 136 Å². The number of urea groups is 1. The fourth-order valence-corrected chi connectivity index (χ4v) is 3.33. The average molecular weight is 317 g/mol. The zero-order valence-electron chi connectivity index (χ0n) is 13.4. The molecule has 124 valence electrons. The van der Waals surface area contributed by atoms with Crippen LogP contribution in [0.1, 0.15) is 24.8 Å². The van der Waals surface area contributed by atoms with Crippen molar-refractivity contribution in [2.45, 2.75) is 26.2 Å². The number of anilines is 2. The Morgan fingerprint density at radius 2 is 1.96 bits per heavy atom. The average Bonchev–Trinajstić information content (AvgIpc) is 2.55. The molecule has 0 spiro atoms. The van der Waals surface area contributed by atoms with Crippen LogP contribution in [0.15, 0.2) is 18.2 Å². The molecule has 0 unspecified atom stereocenters. The van der Waals surface area contributed by atoms with Crippen LogP contribution in [0.2, 0.25) is 0 Å². The molecule has 1 aromatic rings. The van der Waals surface area contributed by atoms with Gasteiger partial charge in [-0.2, -0.15) is 0 Å². The van der Waals surface area contributed by atoms with E-state index in [1.165, 1.54) is 5.69 Å². The van der Waals surface area contributed by atoms with E-state index in [2.05, 4.69) is 10.2 Å². The first-order chi connectivity index (χ1) is 11.1. The van der Waals surface area contributed by atoms with E-state index < -0.39 is 0 Å². The van der Waals surface area contributed by atoms with E-state index in [1.54, 1.807) is 4.90 Å². The number of benzene rings is 1. The standard InChI is InChI=1S/C17H23N3O3/c1-12-10-14(20-9-6-16(22)18-17(20)23)2-3-15(12)19-7-4-13(11-21)5-8-19/h2-3,10,13,21H,4-9,11H2,1H3,(H,18,22,23). The Morgan fingerprint density at radius 1 is 1.22 bits per heavy atom. The van der Waals surface area contributed by atoms with Gasteiger partial charge in [-0.1, -0.05) is 0 Å². The van der Waals surface area contributed by atoms with Crippen molar-refractivity contribution in [2.75, 3.05) is 36.0 Å². The molecule has 2 fully saturated rings. The van der Waals surface area contributed by atoms with E-state index in [0.29, 0.717) is 18.9 Å². The van der Waals surface area contributed by atoms with Crippen LogP contribution in [0.4, 0.5) is 16.2 Å². The second kappa shape index (κ2) is 6.58. The number of amides is 3. The van der Waals surface area contributed by atoms with Gasteiger partial charge in [0.1, 0.15) is 0 Å². The highest BCUT2D eigenvalue weighted by Crippen LogP contribution is 2.29. The quantitative estimate of drug-likeness (QED) is 0.889. The van der Waals surface area contributed by atoms with E-state index in [9.17, 15) is 14.7 Å². The summed E-state index contributed by atoms with van der Waals surface area (Å²) >= 11 is 0. The number of nitrogens with zero attached hydrogens (tertiary/aromatic N) is 2. The Morgan fingerprint density at radius 3 is 2.57 bits per heavy atom. The molecule has 2 saturated heterocycles. The molecule has 0 bridgehead atoms. The smallest absolute Gasteiger partial charge is 0.328 e. The molecule has 0 radical (unpaired) electrons. The van der Waals surface area contributed by atoms with Crippen LogP contribution in [0, 0.1) is 12.8 Å². The minimum Gasteiger partial charge on any atom is -0.396 e. The monoisotopic (exact) mass is 317 g/mol. The minimum absolute atomic E-state index is 0.216. The summed E-state index contributed by atoms with van der Waals surface area (Å²) < 4.78 is 0. The highest BCUT2D eigenvalue weighted by atomic mass is 16.3. The van der Waals surface area contributed by atoms with E-state index >= 15 is 0 Å². The molecule has 0 saturated carbocycles. The fraction of sp³-hybridized carbons (Fsp3) is 0.529. The molecule has 0 aliphatic carbocycles. The predicted molar refractivity (Wildman–Crippen MR) is 88.7 cm³/mol. The molecule has 3 rings (SSSR count). The Bertz CT molecular complexity index is 609. The van der Waals surface area contributed by atoms with Crippen LogP contribution in [0.25, 0.3) is 0 Å². The normalized spacial score (nSPS) is 19.9. The third kappa shape index (κ3) is 3.32. The molecule has 2 aliphatic rings. The molecule has 6 heteroatoms. The van der Waals surface area contributed by atoms with Gasteiger partial charge in [0.25, 0.3) is 0 Å². The van der Waals surface area contributed by atoms with Crippen molar-refractivity contribution in [1.29, 1.82) is 0 Å². The number of hydrogen-bond acceptors (Lipinski definition) is 4. The van der Waals surface area contributed by atoms with Crippen LogP contribution in [-0.4, -0.2) is 43.3 Å². The van der Waals surface area contributed by atoms with Gasteiger partial charge in [0.2, 0.25) is 5.91 Å². The van der Waals surface area contributed by atoms with Crippen molar-refractivity contribution in [3.8, 4) is 0 Å². The molecule has 0 atom stereocenters. The first-order valence-corrected chi connectivity index (χ1v) is 8.16. The van der Waals surface area contributed by atoms with Crippen LogP contribution >= 0.6 is 0 Å². The molecule has 2 N–H and O–H groups in total. The fourth-order valence-electron chi connectivity index (χ4n) is 3.33. The van der Waals surface area contributed by atoms with Crippen LogP contribution in [0.3, 0.4) is 0 Å². The summed E-state index contributed by atoms with van der Waals surface area (Å²) in [7, 11) is 0. The SMILES string of the molecule is Cc1cc(N2CCC(=O)NC2=O)ccc1N1CCC(CO)CC1. The number of aliphatic hydroxyl groups excluding tert-OH is 1.